The minimum Gasteiger partial charge on any atom is -0.378 e. The van der Waals surface area contributed by atoms with Crippen LogP contribution in [-0.4, -0.2) is 65.6 Å². The van der Waals surface area contributed by atoms with Crippen molar-refractivity contribution in [3.8, 4) is 0 Å². The van der Waals surface area contributed by atoms with Gasteiger partial charge in [0.2, 0.25) is 10.0 Å². The number of carbonyl (C=O) groups is 1. The number of hydrogen-bond donors (Lipinski definition) is 0. The molecule has 0 aromatic heterocycles. The average Bonchev–Trinajstić information content (AvgIpc) is 3.17. The van der Waals surface area contributed by atoms with Crippen molar-refractivity contribution < 1.29 is 17.9 Å². The molecule has 1 amide bonds. The van der Waals surface area contributed by atoms with Crippen molar-refractivity contribution in [2.45, 2.75) is 11.3 Å². The Morgan fingerprint density at radius 1 is 1.00 bits per heavy atom. The normalized spacial score (nSPS) is 16.9. The second-order valence-corrected chi connectivity index (χ2v) is 9.55. The number of benzene rings is 2. The summed E-state index contributed by atoms with van der Waals surface area (Å²) < 4.78 is 32.0. The van der Waals surface area contributed by atoms with Crippen LogP contribution in [0.25, 0.3) is 0 Å². The summed E-state index contributed by atoms with van der Waals surface area (Å²) in [5.41, 5.74) is 3.18. The van der Waals surface area contributed by atoms with Crippen molar-refractivity contribution in [2.75, 3.05) is 56.7 Å². The molecule has 0 radical (unpaired) electrons. The van der Waals surface area contributed by atoms with Gasteiger partial charge < -0.3 is 14.5 Å². The van der Waals surface area contributed by atoms with Crippen LogP contribution >= 0.6 is 0 Å². The van der Waals surface area contributed by atoms with Crippen molar-refractivity contribution in [3.63, 3.8) is 0 Å². The molecule has 154 valence electrons. The van der Waals surface area contributed by atoms with Gasteiger partial charge >= 0.3 is 0 Å². The fraction of sp³-hybridized carbons (Fsp3) is 0.381. The Morgan fingerprint density at radius 3 is 2.45 bits per heavy atom. The summed E-state index contributed by atoms with van der Waals surface area (Å²) in [6.45, 7) is 3.08. The highest BCUT2D eigenvalue weighted by atomic mass is 32.2. The molecule has 2 aromatic carbocycles. The molecule has 1 fully saturated rings. The highest BCUT2D eigenvalue weighted by Crippen LogP contribution is 2.33. The number of rotatable bonds is 4. The van der Waals surface area contributed by atoms with Gasteiger partial charge in [-0.2, -0.15) is 0 Å². The molecule has 2 aliphatic rings. The lowest BCUT2D eigenvalue weighted by molar-refractivity contribution is 0.0987. The highest BCUT2D eigenvalue weighted by molar-refractivity contribution is 7.89. The number of hydrogen-bond acceptors (Lipinski definition) is 5. The third-order valence-corrected chi connectivity index (χ3v) is 7.27. The Morgan fingerprint density at radius 2 is 1.72 bits per heavy atom. The van der Waals surface area contributed by atoms with Crippen LogP contribution in [-0.2, 0) is 21.2 Å². The van der Waals surface area contributed by atoms with Gasteiger partial charge in [-0.3, -0.25) is 4.79 Å². The van der Waals surface area contributed by atoms with E-state index in [2.05, 4.69) is 4.90 Å². The molecule has 4 rings (SSSR count). The van der Waals surface area contributed by atoms with Gasteiger partial charge in [-0.1, -0.05) is 18.2 Å². The number of sulfonamides is 1. The SMILES string of the molecule is CN(C)S(=O)(=O)c1ccc(N2CCOCC2)c(C(=O)N2CCc3ccccc32)c1. The van der Waals surface area contributed by atoms with Gasteiger partial charge in [0.05, 0.1) is 23.7 Å². The molecule has 8 heteroatoms. The smallest absolute Gasteiger partial charge is 0.260 e. The van der Waals surface area contributed by atoms with Crippen molar-refractivity contribution in [1.82, 2.24) is 4.31 Å². The molecule has 0 N–H and O–H groups in total. The quantitative estimate of drug-likeness (QED) is 0.764. The van der Waals surface area contributed by atoms with Crippen LogP contribution in [0.5, 0.6) is 0 Å². The monoisotopic (exact) mass is 415 g/mol. The van der Waals surface area contributed by atoms with Crippen LogP contribution in [0.4, 0.5) is 11.4 Å². The summed E-state index contributed by atoms with van der Waals surface area (Å²) in [5, 5.41) is 0. The first-order chi connectivity index (χ1) is 13.9. The third kappa shape index (κ3) is 3.63. The van der Waals surface area contributed by atoms with E-state index in [1.807, 2.05) is 24.3 Å². The van der Waals surface area contributed by atoms with E-state index in [-0.39, 0.29) is 10.8 Å². The van der Waals surface area contributed by atoms with Gasteiger partial charge in [-0.25, -0.2) is 12.7 Å². The lowest BCUT2D eigenvalue weighted by atomic mass is 10.1. The van der Waals surface area contributed by atoms with Gasteiger partial charge in [-0.15, -0.1) is 0 Å². The van der Waals surface area contributed by atoms with Crippen LogP contribution in [0.1, 0.15) is 15.9 Å². The molecule has 2 aromatic rings. The number of fused-ring (bicyclic) bond motifs is 1. The first kappa shape index (κ1) is 19.9. The summed E-state index contributed by atoms with van der Waals surface area (Å²) in [6, 6.07) is 12.7. The van der Waals surface area contributed by atoms with Crippen molar-refractivity contribution in [2.24, 2.45) is 0 Å². The maximum Gasteiger partial charge on any atom is 0.260 e. The van der Waals surface area contributed by atoms with E-state index >= 15 is 0 Å². The minimum atomic E-state index is -3.65. The number of anilines is 2. The fourth-order valence-electron chi connectivity index (χ4n) is 3.83. The molecule has 0 unspecified atom stereocenters. The number of morpholine rings is 1. The van der Waals surface area contributed by atoms with Gasteiger partial charge in [-0.05, 0) is 36.2 Å². The Kier molecular flexibility index (Phi) is 5.33. The summed E-state index contributed by atoms with van der Waals surface area (Å²) in [4.78, 5) is 17.5. The van der Waals surface area contributed by atoms with Crippen LogP contribution in [0.15, 0.2) is 47.4 Å². The molecule has 29 heavy (non-hydrogen) atoms. The molecular weight excluding hydrogens is 390 g/mol. The van der Waals surface area contributed by atoms with Crippen molar-refractivity contribution >= 4 is 27.3 Å². The Bertz CT molecular complexity index is 1030. The maximum absolute atomic E-state index is 13.6. The Hall–Kier alpha value is -2.42. The fourth-order valence-corrected chi connectivity index (χ4v) is 4.76. The molecule has 0 bridgehead atoms. The molecule has 1 saturated heterocycles. The Labute approximate surface area is 171 Å². The van der Waals surface area contributed by atoms with Crippen LogP contribution in [0.2, 0.25) is 0 Å². The summed E-state index contributed by atoms with van der Waals surface area (Å²) in [5.74, 6) is -0.174. The van der Waals surface area contributed by atoms with Crippen molar-refractivity contribution in [3.05, 3.63) is 53.6 Å². The maximum atomic E-state index is 13.6. The van der Waals surface area contributed by atoms with Gasteiger partial charge in [0.1, 0.15) is 0 Å². The lowest BCUT2D eigenvalue weighted by Crippen LogP contribution is -2.38. The van der Waals surface area contributed by atoms with E-state index in [1.54, 1.807) is 17.0 Å². The predicted octanol–water partition coefficient (Wildman–Crippen LogP) is 1.98. The number of nitrogens with zero attached hydrogens (tertiary/aromatic N) is 3. The van der Waals surface area contributed by atoms with E-state index in [9.17, 15) is 13.2 Å². The van der Waals surface area contributed by atoms with E-state index < -0.39 is 10.0 Å². The molecule has 0 spiro atoms. The van der Waals surface area contributed by atoms with E-state index in [0.29, 0.717) is 38.4 Å². The van der Waals surface area contributed by atoms with Crippen LogP contribution in [0, 0.1) is 0 Å². The molecular formula is C21H25N3O4S. The first-order valence-electron chi connectivity index (χ1n) is 9.68. The van der Waals surface area contributed by atoms with Gasteiger partial charge in [0.15, 0.2) is 0 Å². The minimum absolute atomic E-state index is 0.121. The number of carbonyl (C=O) groups excluding carboxylic acids is 1. The molecule has 0 saturated carbocycles. The number of ether oxygens (including phenoxy) is 1. The zero-order valence-electron chi connectivity index (χ0n) is 16.7. The second-order valence-electron chi connectivity index (χ2n) is 7.40. The zero-order valence-corrected chi connectivity index (χ0v) is 17.5. The number of amides is 1. The summed E-state index contributed by atoms with van der Waals surface area (Å²) in [7, 11) is -0.666. The second kappa shape index (κ2) is 7.78. The van der Waals surface area contributed by atoms with E-state index in [1.165, 1.54) is 20.2 Å². The van der Waals surface area contributed by atoms with Crippen molar-refractivity contribution in [1.29, 1.82) is 0 Å². The average molecular weight is 416 g/mol. The van der Waals surface area contributed by atoms with Gasteiger partial charge in [0.25, 0.3) is 5.91 Å². The zero-order chi connectivity index (χ0) is 20.6. The summed E-state index contributed by atoms with van der Waals surface area (Å²) >= 11 is 0. The van der Waals surface area contributed by atoms with Gasteiger partial charge in [0, 0.05) is 45.1 Å². The standard InChI is InChI=1S/C21H25N3O4S/c1-22(2)29(26,27)17-7-8-20(23-11-13-28-14-12-23)18(15-17)21(25)24-10-9-16-5-3-4-6-19(16)24/h3-8,15H,9-14H2,1-2H3. The molecule has 0 atom stereocenters. The molecule has 0 aliphatic carbocycles. The van der Waals surface area contributed by atoms with Crippen LogP contribution in [0.3, 0.4) is 0 Å². The predicted molar refractivity (Wildman–Crippen MR) is 112 cm³/mol. The first-order valence-corrected chi connectivity index (χ1v) is 11.1. The van der Waals surface area contributed by atoms with E-state index in [4.69, 9.17) is 4.74 Å². The van der Waals surface area contributed by atoms with E-state index in [0.717, 1.165) is 27.7 Å². The topological polar surface area (TPSA) is 70.2 Å². The molecule has 7 nitrogen and oxygen atoms in total. The molecule has 2 heterocycles. The Balaban J connectivity index is 1.79. The largest absolute Gasteiger partial charge is 0.378 e. The van der Waals surface area contributed by atoms with Crippen LogP contribution < -0.4 is 9.80 Å². The summed E-state index contributed by atoms with van der Waals surface area (Å²) in [6.07, 6.45) is 0.796. The third-order valence-electron chi connectivity index (χ3n) is 5.46. The lowest BCUT2D eigenvalue weighted by Gasteiger charge is -2.31. The molecule has 2 aliphatic heterocycles. The highest BCUT2D eigenvalue weighted by Gasteiger charge is 2.30. The number of para-hydroxylation sites is 1.